The van der Waals surface area contributed by atoms with Gasteiger partial charge in [0, 0.05) is 10.7 Å². The minimum absolute atomic E-state index is 0.191. The molecule has 4 heteroatoms. The van der Waals surface area contributed by atoms with E-state index < -0.39 is 0 Å². The minimum Gasteiger partial charge on any atom is -0.356 e. The van der Waals surface area contributed by atoms with E-state index in [1.54, 1.807) is 0 Å². The number of benzene rings is 2. The average Bonchev–Trinajstić information content (AvgIpc) is 2.49. The third-order valence-electron chi connectivity index (χ3n) is 3.94. The summed E-state index contributed by atoms with van der Waals surface area (Å²) in [6.45, 7) is 8.39. The summed E-state index contributed by atoms with van der Waals surface area (Å²) in [6.07, 6.45) is 0.959. The van der Waals surface area contributed by atoms with Crippen molar-refractivity contribution >= 4 is 34.6 Å². The van der Waals surface area contributed by atoms with Gasteiger partial charge >= 0.3 is 0 Å². The number of hydrogen-bond acceptors (Lipinski definition) is 1. The molecule has 0 aliphatic heterocycles. The van der Waals surface area contributed by atoms with Crippen molar-refractivity contribution in [2.75, 3.05) is 5.32 Å². The quantitative estimate of drug-likeness (QED) is 0.694. The molecular weight excluding hydrogens is 324 g/mol. The predicted molar refractivity (Wildman–Crippen MR) is 104 cm³/mol. The number of aryl methyl sites for hydroxylation is 3. The van der Waals surface area contributed by atoms with E-state index >= 15 is 0 Å². The molecule has 0 saturated carbocycles. The van der Waals surface area contributed by atoms with Crippen molar-refractivity contribution in [3.05, 3.63) is 63.7 Å². The molecule has 2 rings (SSSR count). The molecule has 0 bridgehead atoms. The maximum Gasteiger partial charge on any atom is 0.171 e. The maximum absolute atomic E-state index is 6.16. The van der Waals surface area contributed by atoms with Crippen molar-refractivity contribution in [3.63, 3.8) is 0 Å². The van der Waals surface area contributed by atoms with Crippen molar-refractivity contribution in [2.45, 2.75) is 40.2 Å². The highest BCUT2D eigenvalue weighted by molar-refractivity contribution is 7.80. The molecule has 122 valence electrons. The van der Waals surface area contributed by atoms with E-state index in [2.05, 4.69) is 49.6 Å². The molecule has 0 heterocycles. The van der Waals surface area contributed by atoms with Gasteiger partial charge in [0.2, 0.25) is 0 Å². The van der Waals surface area contributed by atoms with E-state index in [0.29, 0.717) is 5.11 Å². The highest BCUT2D eigenvalue weighted by Gasteiger charge is 2.13. The molecule has 0 fully saturated rings. The zero-order valence-corrected chi connectivity index (χ0v) is 15.6. The van der Waals surface area contributed by atoms with Crippen LogP contribution in [0.1, 0.15) is 41.6 Å². The molecule has 0 aliphatic carbocycles. The summed E-state index contributed by atoms with van der Waals surface area (Å²) < 4.78 is 0. The average molecular weight is 347 g/mol. The smallest absolute Gasteiger partial charge is 0.171 e. The molecule has 0 spiro atoms. The van der Waals surface area contributed by atoms with Crippen LogP contribution in [-0.4, -0.2) is 5.11 Å². The molecule has 0 aromatic heterocycles. The molecule has 2 aromatic rings. The fraction of sp³-hybridized carbons (Fsp3) is 0.316. The number of rotatable bonds is 4. The summed E-state index contributed by atoms with van der Waals surface area (Å²) in [5.41, 5.74) is 5.79. The van der Waals surface area contributed by atoms with Gasteiger partial charge in [-0.05, 0) is 68.2 Å². The first-order valence-corrected chi connectivity index (χ1v) is 8.60. The SMILES string of the molecule is CC[C@@H](NC(=S)Nc1ccc(C)c(Cl)c1)c1ccc(C)cc1C. The first-order chi connectivity index (χ1) is 10.9. The number of hydrogen-bond donors (Lipinski definition) is 2. The lowest BCUT2D eigenvalue weighted by Gasteiger charge is -2.22. The molecule has 2 N–H and O–H groups in total. The van der Waals surface area contributed by atoms with Crippen LogP contribution in [0.4, 0.5) is 5.69 Å². The summed E-state index contributed by atoms with van der Waals surface area (Å²) in [7, 11) is 0. The topological polar surface area (TPSA) is 24.1 Å². The van der Waals surface area contributed by atoms with Crippen LogP contribution in [-0.2, 0) is 0 Å². The molecule has 2 nitrogen and oxygen atoms in total. The van der Waals surface area contributed by atoms with Crippen LogP contribution in [0.2, 0.25) is 5.02 Å². The van der Waals surface area contributed by atoms with Crippen LogP contribution in [0, 0.1) is 20.8 Å². The van der Waals surface area contributed by atoms with E-state index in [-0.39, 0.29) is 6.04 Å². The number of nitrogens with one attached hydrogen (secondary N) is 2. The van der Waals surface area contributed by atoms with E-state index in [9.17, 15) is 0 Å². The molecule has 0 radical (unpaired) electrons. The van der Waals surface area contributed by atoms with Crippen LogP contribution >= 0.6 is 23.8 Å². The number of thiocarbonyl (C=S) groups is 1. The highest BCUT2D eigenvalue weighted by atomic mass is 35.5. The Labute approximate surface area is 149 Å². The molecule has 2 aromatic carbocycles. The summed E-state index contributed by atoms with van der Waals surface area (Å²) in [4.78, 5) is 0. The summed E-state index contributed by atoms with van der Waals surface area (Å²) >= 11 is 11.6. The van der Waals surface area contributed by atoms with Crippen molar-refractivity contribution in [3.8, 4) is 0 Å². The standard InChI is InChI=1S/C19H23ClN2S/c1-5-18(16-9-6-12(2)10-14(16)4)22-19(23)21-15-8-7-13(3)17(20)11-15/h6-11,18H,5H2,1-4H3,(H2,21,22,23)/t18-/m1/s1. The van der Waals surface area contributed by atoms with Crippen molar-refractivity contribution in [2.24, 2.45) is 0 Å². The minimum atomic E-state index is 0.191. The van der Waals surface area contributed by atoms with Gasteiger partial charge in [0.05, 0.1) is 6.04 Å². The fourth-order valence-corrected chi connectivity index (χ4v) is 3.05. The number of anilines is 1. The van der Waals surface area contributed by atoms with Crippen molar-refractivity contribution < 1.29 is 0 Å². The van der Waals surface area contributed by atoms with E-state index in [0.717, 1.165) is 22.7 Å². The van der Waals surface area contributed by atoms with Gasteiger partial charge in [-0.3, -0.25) is 0 Å². The fourth-order valence-electron chi connectivity index (χ4n) is 2.61. The first-order valence-electron chi connectivity index (χ1n) is 7.81. The Kier molecular flexibility index (Phi) is 6.03. The lowest BCUT2D eigenvalue weighted by atomic mass is 9.98. The van der Waals surface area contributed by atoms with Crippen LogP contribution in [0.3, 0.4) is 0 Å². The van der Waals surface area contributed by atoms with Crippen LogP contribution < -0.4 is 10.6 Å². The van der Waals surface area contributed by atoms with Crippen molar-refractivity contribution in [1.82, 2.24) is 5.32 Å². The summed E-state index contributed by atoms with van der Waals surface area (Å²) in [6, 6.07) is 12.6. The summed E-state index contributed by atoms with van der Waals surface area (Å²) in [5, 5.41) is 7.96. The Morgan fingerprint density at radius 3 is 2.43 bits per heavy atom. The Balaban J connectivity index is 2.08. The molecule has 1 atom stereocenters. The van der Waals surface area contributed by atoms with Gasteiger partial charge in [-0.1, -0.05) is 48.4 Å². The lowest BCUT2D eigenvalue weighted by Crippen LogP contribution is -2.32. The van der Waals surface area contributed by atoms with E-state index in [1.807, 2.05) is 25.1 Å². The second-order valence-corrected chi connectivity index (χ2v) is 6.70. The third kappa shape index (κ3) is 4.69. The van der Waals surface area contributed by atoms with Crippen molar-refractivity contribution in [1.29, 1.82) is 0 Å². The Hall–Kier alpha value is -1.58. The zero-order valence-electron chi connectivity index (χ0n) is 14.0. The molecular formula is C19H23ClN2S. The lowest BCUT2D eigenvalue weighted by molar-refractivity contribution is 0.625. The first kappa shape index (κ1) is 17.8. The molecule has 0 unspecified atom stereocenters. The van der Waals surface area contributed by atoms with Gasteiger partial charge in [0.15, 0.2) is 5.11 Å². The molecule has 0 saturated heterocycles. The third-order valence-corrected chi connectivity index (χ3v) is 4.57. The van der Waals surface area contributed by atoms with Gasteiger partial charge < -0.3 is 10.6 Å². The molecule has 0 amide bonds. The summed E-state index contributed by atoms with van der Waals surface area (Å²) in [5.74, 6) is 0. The largest absolute Gasteiger partial charge is 0.356 e. The van der Waals surface area contributed by atoms with Gasteiger partial charge in [-0.2, -0.15) is 0 Å². The van der Waals surface area contributed by atoms with E-state index in [4.69, 9.17) is 23.8 Å². The van der Waals surface area contributed by atoms with Gasteiger partial charge in [-0.25, -0.2) is 0 Å². The van der Waals surface area contributed by atoms with Crippen LogP contribution in [0.25, 0.3) is 0 Å². The zero-order chi connectivity index (χ0) is 17.0. The second-order valence-electron chi connectivity index (χ2n) is 5.88. The highest BCUT2D eigenvalue weighted by Crippen LogP contribution is 2.23. The van der Waals surface area contributed by atoms with Gasteiger partial charge in [0.25, 0.3) is 0 Å². The Morgan fingerprint density at radius 1 is 1.09 bits per heavy atom. The monoisotopic (exact) mass is 346 g/mol. The van der Waals surface area contributed by atoms with Gasteiger partial charge in [-0.15, -0.1) is 0 Å². The van der Waals surface area contributed by atoms with E-state index in [1.165, 1.54) is 16.7 Å². The van der Waals surface area contributed by atoms with Crippen LogP contribution in [0.5, 0.6) is 0 Å². The second kappa shape index (κ2) is 7.80. The number of halogens is 1. The maximum atomic E-state index is 6.16. The molecule has 0 aliphatic rings. The Morgan fingerprint density at radius 2 is 1.83 bits per heavy atom. The predicted octanol–water partition coefficient (Wildman–Crippen LogP) is 5.70. The Bertz CT molecular complexity index is 713. The van der Waals surface area contributed by atoms with Crippen LogP contribution in [0.15, 0.2) is 36.4 Å². The van der Waals surface area contributed by atoms with Gasteiger partial charge in [0.1, 0.15) is 0 Å². The molecule has 23 heavy (non-hydrogen) atoms. The normalized spacial score (nSPS) is 11.9.